The zero-order valence-corrected chi connectivity index (χ0v) is 11.4. The highest BCUT2D eigenvalue weighted by atomic mass is 16.4. The summed E-state index contributed by atoms with van der Waals surface area (Å²) in [6.07, 6.45) is 1.56. The number of imidazole rings is 1. The van der Waals surface area contributed by atoms with Crippen molar-refractivity contribution in [3.63, 3.8) is 0 Å². The summed E-state index contributed by atoms with van der Waals surface area (Å²) in [5, 5.41) is 11.7. The normalized spacial score (nSPS) is 12.6. The number of aromatic amines is 1. The molecule has 0 saturated heterocycles. The predicted molar refractivity (Wildman–Crippen MR) is 74.4 cm³/mol. The number of carbonyl (C=O) groups is 2. The predicted octanol–water partition coefficient (Wildman–Crippen LogP) is 1.65. The highest BCUT2D eigenvalue weighted by Crippen LogP contribution is 2.13. The van der Waals surface area contributed by atoms with Crippen LogP contribution in [-0.4, -0.2) is 33.5 Å². The van der Waals surface area contributed by atoms with Crippen molar-refractivity contribution in [2.45, 2.75) is 13.8 Å². The Labute approximate surface area is 116 Å². The Morgan fingerprint density at radius 1 is 1.40 bits per heavy atom. The van der Waals surface area contributed by atoms with Gasteiger partial charge >= 0.3 is 5.97 Å². The first-order chi connectivity index (χ1) is 9.49. The van der Waals surface area contributed by atoms with Gasteiger partial charge in [0.05, 0.1) is 23.3 Å². The van der Waals surface area contributed by atoms with Crippen LogP contribution < -0.4 is 5.32 Å². The van der Waals surface area contributed by atoms with E-state index < -0.39 is 11.9 Å². The van der Waals surface area contributed by atoms with Crippen LogP contribution in [0.25, 0.3) is 11.0 Å². The van der Waals surface area contributed by atoms with Gasteiger partial charge in [-0.3, -0.25) is 9.59 Å². The van der Waals surface area contributed by atoms with Crippen molar-refractivity contribution in [2.24, 2.45) is 11.8 Å². The van der Waals surface area contributed by atoms with Crippen molar-refractivity contribution >= 4 is 22.9 Å². The summed E-state index contributed by atoms with van der Waals surface area (Å²) in [5.41, 5.74) is 2.04. The lowest BCUT2D eigenvalue weighted by molar-refractivity contribution is -0.142. The van der Waals surface area contributed by atoms with E-state index in [9.17, 15) is 9.59 Å². The van der Waals surface area contributed by atoms with Gasteiger partial charge in [0, 0.05) is 12.1 Å². The Morgan fingerprint density at radius 2 is 2.15 bits per heavy atom. The van der Waals surface area contributed by atoms with Crippen molar-refractivity contribution in [1.82, 2.24) is 15.3 Å². The first kappa shape index (κ1) is 14.0. The van der Waals surface area contributed by atoms with Gasteiger partial charge in [0.2, 0.25) is 0 Å². The number of nitrogens with zero attached hydrogens (tertiary/aromatic N) is 1. The topological polar surface area (TPSA) is 95.1 Å². The average Bonchev–Trinajstić information content (AvgIpc) is 2.84. The first-order valence-corrected chi connectivity index (χ1v) is 6.43. The first-order valence-electron chi connectivity index (χ1n) is 6.43. The molecule has 2 rings (SSSR count). The number of nitrogens with one attached hydrogen (secondary N) is 2. The second-order valence-corrected chi connectivity index (χ2v) is 5.03. The highest BCUT2D eigenvalue weighted by molar-refractivity contribution is 5.97. The number of benzene rings is 1. The molecule has 1 unspecified atom stereocenters. The van der Waals surface area contributed by atoms with Crippen molar-refractivity contribution in [2.75, 3.05) is 6.54 Å². The average molecular weight is 275 g/mol. The molecule has 0 spiro atoms. The lowest BCUT2D eigenvalue weighted by Gasteiger charge is -2.16. The molecular formula is C14H17N3O3. The lowest BCUT2D eigenvalue weighted by atomic mass is 9.96. The largest absolute Gasteiger partial charge is 0.481 e. The minimum atomic E-state index is -0.899. The molecule has 0 saturated carbocycles. The van der Waals surface area contributed by atoms with E-state index in [4.69, 9.17) is 5.11 Å². The summed E-state index contributed by atoms with van der Waals surface area (Å²) in [6, 6.07) is 5.12. The molecule has 3 N–H and O–H groups in total. The summed E-state index contributed by atoms with van der Waals surface area (Å²) in [7, 11) is 0. The summed E-state index contributed by atoms with van der Waals surface area (Å²) < 4.78 is 0. The van der Waals surface area contributed by atoms with Gasteiger partial charge in [0.1, 0.15) is 0 Å². The molecule has 0 aliphatic heterocycles. The summed E-state index contributed by atoms with van der Waals surface area (Å²) in [4.78, 5) is 30.1. The van der Waals surface area contributed by atoms with E-state index >= 15 is 0 Å². The number of aromatic nitrogens is 2. The van der Waals surface area contributed by atoms with Crippen LogP contribution >= 0.6 is 0 Å². The molecule has 20 heavy (non-hydrogen) atoms. The number of hydrogen-bond acceptors (Lipinski definition) is 3. The van der Waals surface area contributed by atoms with E-state index in [2.05, 4.69) is 15.3 Å². The molecule has 0 fully saturated rings. The fourth-order valence-corrected chi connectivity index (χ4v) is 1.99. The van der Waals surface area contributed by atoms with E-state index in [-0.39, 0.29) is 18.4 Å². The van der Waals surface area contributed by atoms with Crippen molar-refractivity contribution < 1.29 is 14.7 Å². The van der Waals surface area contributed by atoms with Crippen LogP contribution in [0.2, 0.25) is 0 Å². The molecule has 0 aliphatic carbocycles. The van der Waals surface area contributed by atoms with Gasteiger partial charge < -0.3 is 15.4 Å². The maximum atomic E-state index is 12.0. The smallest absolute Gasteiger partial charge is 0.308 e. The maximum absolute atomic E-state index is 12.0. The quantitative estimate of drug-likeness (QED) is 0.773. The number of carboxylic acid groups (broad SMARTS) is 1. The highest BCUT2D eigenvalue weighted by Gasteiger charge is 2.22. The maximum Gasteiger partial charge on any atom is 0.308 e. The molecule has 1 aromatic heterocycles. The molecule has 0 aliphatic rings. The Balaban J connectivity index is 2.05. The molecule has 1 aromatic carbocycles. The van der Waals surface area contributed by atoms with Crippen LogP contribution in [-0.2, 0) is 4.79 Å². The van der Waals surface area contributed by atoms with E-state index in [1.807, 2.05) is 13.8 Å². The minimum Gasteiger partial charge on any atom is -0.481 e. The Morgan fingerprint density at radius 3 is 2.80 bits per heavy atom. The van der Waals surface area contributed by atoms with Crippen LogP contribution in [0.5, 0.6) is 0 Å². The molecule has 6 heteroatoms. The third-order valence-corrected chi connectivity index (χ3v) is 3.29. The lowest BCUT2D eigenvalue weighted by Crippen LogP contribution is -2.35. The fraction of sp³-hybridized carbons (Fsp3) is 0.357. The van der Waals surface area contributed by atoms with E-state index in [0.29, 0.717) is 5.56 Å². The number of amides is 1. The third kappa shape index (κ3) is 2.96. The van der Waals surface area contributed by atoms with Crippen LogP contribution in [0.4, 0.5) is 0 Å². The molecule has 1 atom stereocenters. The molecule has 0 bridgehead atoms. The van der Waals surface area contributed by atoms with Crippen molar-refractivity contribution in [3.8, 4) is 0 Å². The molecule has 6 nitrogen and oxygen atoms in total. The monoisotopic (exact) mass is 275 g/mol. The summed E-state index contributed by atoms with van der Waals surface area (Å²) in [6.45, 7) is 3.76. The number of H-pyrrole nitrogens is 1. The fourth-order valence-electron chi connectivity index (χ4n) is 1.99. The molecule has 106 valence electrons. The van der Waals surface area contributed by atoms with Crippen LogP contribution in [0.15, 0.2) is 24.5 Å². The van der Waals surface area contributed by atoms with Gasteiger partial charge in [0.25, 0.3) is 5.91 Å². The van der Waals surface area contributed by atoms with E-state index in [1.165, 1.54) is 0 Å². The summed E-state index contributed by atoms with van der Waals surface area (Å²) >= 11 is 0. The van der Waals surface area contributed by atoms with E-state index in [0.717, 1.165) is 11.0 Å². The van der Waals surface area contributed by atoms with Gasteiger partial charge in [-0.15, -0.1) is 0 Å². The number of carboxylic acids is 1. The zero-order valence-electron chi connectivity index (χ0n) is 11.4. The molecule has 2 aromatic rings. The Kier molecular flexibility index (Phi) is 4.02. The van der Waals surface area contributed by atoms with Gasteiger partial charge in [-0.1, -0.05) is 13.8 Å². The minimum absolute atomic E-state index is 0.0390. The Hall–Kier alpha value is -2.37. The number of hydrogen-bond donors (Lipinski definition) is 3. The van der Waals surface area contributed by atoms with Crippen LogP contribution in [0.1, 0.15) is 24.2 Å². The van der Waals surface area contributed by atoms with Crippen molar-refractivity contribution in [3.05, 3.63) is 30.1 Å². The Bertz CT molecular complexity index is 633. The van der Waals surface area contributed by atoms with Gasteiger partial charge in [-0.25, -0.2) is 4.98 Å². The van der Waals surface area contributed by atoms with Gasteiger partial charge in [-0.2, -0.15) is 0 Å². The molecular weight excluding hydrogens is 258 g/mol. The van der Waals surface area contributed by atoms with E-state index in [1.54, 1.807) is 24.5 Å². The number of aliphatic carboxylic acids is 1. The zero-order chi connectivity index (χ0) is 14.7. The van der Waals surface area contributed by atoms with Gasteiger partial charge in [-0.05, 0) is 24.1 Å². The number of carbonyl (C=O) groups excluding carboxylic acids is 1. The summed E-state index contributed by atoms with van der Waals surface area (Å²) in [5.74, 6) is -1.81. The van der Waals surface area contributed by atoms with Crippen LogP contribution in [0.3, 0.4) is 0 Å². The standard InChI is InChI=1S/C14H17N3O3/c1-8(2)10(14(19)20)6-15-13(18)9-3-4-11-12(5-9)17-7-16-11/h3-5,7-8,10H,6H2,1-2H3,(H,15,18)(H,16,17)(H,19,20). The SMILES string of the molecule is CC(C)C(CNC(=O)c1ccc2nc[nH]c2c1)C(=O)O. The van der Waals surface area contributed by atoms with Crippen LogP contribution in [0, 0.1) is 11.8 Å². The second-order valence-electron chi connectivity index (χ2n) is 5.03. The molecule has 0 radical (unpaired) electrons. The van der Waals surface area contributed by atoms with Crippen molar-refractivity contribution in [1.29, 1.82) is 0 Å². The molecule has 1 heterocycles. The number of fused-ring (bicyclic) bond motifs is 1. The third-order valence-electron chi connectivity index (χ3n) is 3.29. The molecule has 1 amide bonds. The second kappa shape index (κ2) is 5.73. The number of rotatable bonds is 5. The van der Waals surface area contributed by atoms with Gasteiger partial charge in [0.15, 0.2) is 0 Å².